The Balaban J connectivity index is 1.49. The molecule has 0 amide bonds. The molecule has 6 aromatic carbocycles. The lowest BCUT2D eigenvalue weighted by molar-refractivity contribution is 0.590. The summed E-state index contributed by atoms with van der Waals surface area (Å²) in [6.07, 6.45) is 1.97. The fraction of sp³-hybridized carbons (Fsp3) is 0.0909. The maximum atomic E-state index is 6.63. The number of fused-ring (bicyclic) bond motifs is 6. The number of rotatable bonds is 4. The maximum Gasteiger partial charge on any atom is 0.165 e. The van der Waals surface area contributed by atoms with E-state index in [0.717, 1.165) is 83.2 Å². The Bertz CT molecular complexity index is 2580. The standard InChI is InChI=1S/C44H33N3O/c1-44(2,3)31-25-36(28-15-6-4-7-16-28)40(37(26-31)29-17-8-5-9-18-29)47-42(46-39-32-20-11-10-19-30(32)27-45-43(39)47)35-23-14-22-34-33-21-12-13-24-38(33)48-41(34)35/h4-27H,1-3H3. The van der Waals surface area contributed by atoms with Crippen molar-refractivity contribution in [1.82, 2.24) is 14.5 Å². The van der Waals surface area contributed by atoms with Crippen molar-refractivity contribution >= 4 is 43.9 Å². The number of aromatic nitrogens is 3. The van der Waals surface area contributed by atoms with Crippen LogP contribution in [-0.2, 0) is 5.41 Å². The van der Waals surface area contributed by atoms with Crippen LogP contribution in [0.2, 0.25) is 0 Å². The molecule has 9 rings (SSSR count). The van der Waals surface area contributed by atoms with E-state index in [1.165, 1.54) is 5.56 Å². The Hall–Kier alpha value is -6.00. The van der Waals surface area contributed by atoms with Crippen molar-refractivity contribution in [2.45, 2.75) is 26.2 Å². The third-order valence-corrected chi connectivity index (χ3v) is 9.41. The summed E-state index contributed by atoms with van der Waals surface area (Å²) in [7, 11) is 0. The molecule has 0 bridgehead atoms. The second kappa shape index (κ2) is 10.8. The molecule has 0 aliphatic rings. The predicted octanol–water partition coefficient (Wildman–Crippen LogP) is 11.8. The summed E-state index contributed by atoms with van der Waals surface area (Å²) < 4.78 is 8.91. The highest BCUT2D eigenvalue weighted by Crippen LogP contribution is 2.45. The number of hydrogen-bond acceptors (Lipinski definition) is 3. The van der Waals surface area contributed by atoms with Gasteiger partial charge in [-0.1, -0.05) is 136 Å². The fourth-order valence-corrected chi connectivity index (χ4v) is 6.97. The summed E-state index contributed by atoms with van der Waals surface area (Å²) in [5, 5.41) is 4.27. The average molecular weight is 620 g/mol. The third kappa shape index (κ3) is 4.44. The number of pyridine rings is 1. The van der Waals surface area contributed by atoms with E-state index in [1.807, 2.05) is 18.3 Å². The van der Waals surface area contributed by atoms with E-state index in [9.17, 15) is 0 Å². The van der Waals surface area contributed by atoms with Crippen LogP contribution in [0.25, 0.3) is 83.2 Å². The van der Waals surface area contributed by atoms with Crippen molar-refractivity contribution in [3.63, 3.8) is 0 Å². The first-order valence-electron chi connectivity index (χ1n) is 16.4. The highest BCUT2D eigenvalue weighted by molar-refractivity contribution is 6.11. The smallest absolute Gasteiger partial charge is 0.165 e. The van der Waals surface area contributed by atoms with Crippen LogP contribution in [0.5, 0.6) is 0 Å². The number of hydrogen-bond donors (Lipinski definition) is 0. The van der Waals surface area contributed by atoms with E-state index in [0.29, 0.717) is 0 Å². The minimum absolute atomic E-state index is 0.0836. The van der Waals surface area contributed by atoms with Gasteiger partial charge in [-0.3, -0.25) is 4.57 Å². The molecule has 0 radical (unpaired) electrons. The number of para-hydroxylation sites is 2. The lowest BCUT2D eigenvalue weighted by Gasteiger charge is -2.26. The Morgan fingerprint density at radius 1 is 0.583 bits per heavy atom. The number of nitrogens with zero attached hydrogens (tertiary/aromatic N) is 3. The zero-order valence-corrected chi connectivity index (χ0v) is 27.1. The highest BCUT2D eigenvalue weighted by atomic mass is 16.3. The summed E-state index contributed by atoms with van der Waals surface area (Å²) in [5.74, 6) is 0.788. The number of imidazole rings is 1. The van der Waals surface area contributed by atoms with Crippen molar-refractivity contribution in [3.8, 4) is 39.3 Å². The molecule has 0 atom stereocenters. The van der Waals surface area contributed by atoms with Crippen LogP contribution in [0, 0.1) is 0 Å². The molecule has 3 heterocycles. The zero-order chi connectivity index (χ0) is 32.4. The van der Waals surface area contributed by atoms with Gasteiger partial charge < -0.3 is 4.42 Å². The van der Waals surface area contributed by atoms with E-state index in [2.05, 4.69) is 153 Å². The molecule has 230 valence electrons. The van der Waals surface area contributed by atoms with Gasteiger partial charge in [-0.05, 0) is 46.4 Å². The van der Waals surface area contributed by atoms with Gasteiger partial charge in [0.15, 0.2) is 11.5 Å². The molecule has 9 aromatic rings. The van der Waals surface area contributed by atoms with E-state index < -0.39 is 0 Å². The molecule has 0 aliphatic carbocycles. The molecule has 0 fully saturated rings. The van der Waals surface area contributed by atoms with Gasteiger partial charge in [0.25, 0.3) is 0 Å². The van der Waals surface area contributed by atoms with Crippen LogP contribution in [0.4, 0.5) is 0 Å². The topological polar surface area (TPSA) is 43.9 Å². The molecule has 0 aliphatic heterocycles. The van der Waals surface area contributed by atoms with Crippen LogP contribution in [0.15, 0.2) is 150 Å². The molecule has 3 aromatic heterocycles. The predicted molar refractivity (Wildman–Crippen MR) is 199 cm³/mol. The lowest BCUT2D eigenvalue weighted by atomic mass is 9.82. The number of benzene rings is 6. The number of furan rings is 1. The summed E-state index contributed by atoms with van der Waals surface area (Å²) in [6, 6.07) is 49.0. The summed E-state index contributed by atoms with van der Waals surface area (Å²) in [6.45, 7) is 6.83. The van der Waals surface area contributed by atoms with Crippen molar-refractivity contribution in [2.24, 2.45) is 0 Å². The van der Waals surface area contributed by atoms with Gasteiger partial charge in [-0.25, -0.2) is 9.97 Å². The molecular formula is C44H33N3O. The molecule has 4 heteroatoms. The van der Waals surface area contributed by atoms with Gasteiger partial charge in [0.2, 0.25) is 0 Å². The minimum Gasteiger partial charge on any atom is -0.455 e. The normalized spacial score (nSPS) is 12.1. The lowest BCUT2D eigenvalue weighted by Crippen LogP contribution is -2.13. The second-order valence-corrected chi connectivity index (χ2v) is 13.5. The molecule has 0 saturated carbocycles. The maximum absolute atomic E-state index is 6.63. The van der Waals surface area contributed by atoms with E-state index in [1.54, 1.807) is 0 Å². The SMILES string of the molecule is CC(C)(C)c1cc(-c2ccccc2)c(-n2c(-c3cccc4c3oc3ccccc34)nc3c4ccccc4cnc32)c(-c2ccccc2)c1. The van der Waals surface area contributed by atoms with Crippen LogP contribution in [0.3, 0.4) is 0 Å². The molecular weight excluding hydrogens is 587 g/mol. The Morgan fingerprint density at radius 2 is 1.19 bits per heavy atom. The van der Waals surface area contributed by atoms with Crippen LogP contribution in [0.1, 0.15) is 26.3 Å². The minimum atomic E-state index is -0.0836. The van der Waals surface area contributed by atoms with Gasteiger partial charge in [-0.2, -0.15) is 0 Å². The van der Waals surface area contributed by atoms with Crippen LogP contribution >= 0.6 is 0 Å². The van der Waals surface area contributed by atoms with E-state index in [-0.39, 0.29) is 5.41 Å². The van der Waals surface area contributed by atoms with Crippen LogP contribution in [-0.4, -0.2) is 14.5 Å². The molecule has 0 N–H and O–H groups in total. The quantitative estimate of drug-likeness (QED) is 0.197. The van der Waals surface area contributed by atoms with Gasteiger partial charge in [-0.15, -0.1) is 0 Å². The summed E-state index contributed by atoms with van der Waals surface area (Å²) in [4.78, 5) is 10.7. The fourth-order valence-electron chi connectivity index (χ4n) is 6.97. The first-order chi connectivity index (χ1) is 23.5. The molecule has 0 spiro atoms. The van der Waals surface area contributed by atoms with E-state index in [4.69, 9.17) is 14.4 Å². The summed E-state index contributed by atoms with van der Waals surface area (Å²) in [5.41, 5.74) is 11.0. The first-order valence-corrected chi connectivity index (χ1v) is 16.4. The largest absolute Gasteiger partial charge is 0.455 e. The van der Waals surface area contributed by atoms with Crippen molar-refractivity contribution in [2.75, 3.05) is 0 Å². The van der Waals surface area contributed by atoms with Crippen LogP contribution < -0.4 is 0 Å². The Morgan fingerprint density at radius 3 is 1.88 bits per heavy atom. The van der Waals surface area contributed by atoms with Gasteiger partial charge in [0.05, 0.1) is 11.3 Å². The van der Waals surface area contributed by atoms with Crippen molar-refractivity contribution < 1.29 is 4.42 Å². The molecule has 4 nitrogen and oxygen atoms in total. The molecule has 0 saturated heterocycles. The molecule has 48 heavy (non-hydrogen) atoms. The monoisotopic (exact) mass is 619 g/mol. The third-order valence-electron chi connectivity index (χ3n) is 9.41. The second-order valence-electron chi connectivity index (χ2n) is 13.5. The zero-order valence-electron chi connectivity index (χ0n) is 27.1. The highest BCUT2D eigenvalue weighted by Gasteiger charge is 2.27. The first kappa shape index (κ1) is 28.2. The van der Waals surface area contributed by atoms with Gasteiger partial charge in [0, 0.05) is 38.9 Å². The Kier molecular flexibility index (Phi) is 6.34. The average Bonchev–Trinajstić information content (AvgIpc) is 3.70. The Labute approximate surface area is 278 Å². The van der Waals surface area contributed by atoms with Crippen molar-refractivity contribution in [1.29, 1.82) is 0 Å². The summed E-state index contributed by atoms with van der Waals surface area (Å²) >= 11 is 0. The van der Waals surface area contributed by atoms with Crippen molar-refractivity contribution in [3.05, 3.63) is 151 Å². The van der Waals surface area contributed by atoms with E-state index >= 15 is 0 Å². The molecule has 0 unspecified atom stereocenters. The van der Waals surface area contributed by atoms with Gasteiger partial charge in [0.1, 0.15) is 16.7 Å². The van der Waals surface area contributed by atoms with Gasteiger partial charge >= 0.3 is 0 Å².